The van der Waals surface area contributed by atoms with Gasteiger partial charge in [0.15, 0.2) is 0 Å². The van der Waals surface area contributed by atoms with Gasteiger partial charge in [0.2, 0.25) is 11.8 Å². The number of allylic oxidation sites excluding steroid dienone is 1. The maximum absolute atomic E-state index is 13.2. The van der Waals surface area contributed by atoms with Gasteiger partial charge in [-0.3, -0.25) is 9.59 Å². The van der Waals surface area contributed by atoms with E-state index in [0.717, 1.165) is 11.8 Å². The number of carbonyl (C=O) groups is 2. The van der Waals surface area contributed by atoms with Crippen molar-refractivity contribution in [1.82, 2.24) is 5.32 Å². The number of halogens is 1. The maximum Gasteiger partial charge on any atom is 0.234 e. The van der Waals surface area contributed by atoms with Crippen molar-refractivity contribution in [2.45, 2.75) is 12.3 Å². The number of hydrogen-bond donors (Lipinski definition) is 2. The van der Waals surface area contributed by atoms with E-state index in [-0.39, 0.29) is 29.8 Å². The average molecular weight is 411 g/mol. The Hall–Kier alpha value is -3.31. The molecule has 6 nitrogen and oxygen atoms in total. The summed E-state index contributed by atoms with van der Waals surface area (Å²) in [7, 11) is 1.54. The zero-order chi connectivity index (χ0) is 20.8. The molecule has 3 rings (SSSR count). The van der Waals surface area contributed by atoms with E-state index in [2.05, 4.69) is 16.7 Å². The van der Waals surface area contributed by atoms with Crippen molar-refractivity contribution in [1.29, 1.82) is 5.26 Å². The summed E-state index contributed by atoms with van der Waals surface area (Å²) >= 11 is 1.08. The Morgan fingerprint density at radius 1 is 1.34 bits per heavy atom. The number of ether oxygens (including phenoxy) is 1. The van der Waals surface area contributed by atoms with Crippen molar-refractivity contribution in [3.05, 3.63) is 70.5 Å². The minimum Gasteiger partial charge on any atom is -0.497 e. The highest BCUT2D eigenvalue weighted by atomic mass is 32.2. The highest BCUT2D eigenvalue weighted by Gasteiger charge is 2.29. The van der Waals surface area contributed by atoms with Gasteiger partial charge in [0.25, 0.3) is 0 Å². The second-order valence-corrected chi connectivity index (χ2v) is 7.27. The van der Waals surface area contributed by atoms with Gasteiger partial charge in [-0.25, -0.2) is 4.39 Å². The van der Waals surface area contributed by atoms with E-state index < -0.39 is 5.92 Å². The summed E-state index contributed by atoms with van der Waals surface area (Å²) in [6.45, 7) is 0. The lowest BCUT2D eigenvalue weighted by Crippen LogP contribution is -2.31. The fraction of sp³-hybridized carbons (Fsp3) is 0.190. The zero-order valence-electron chi connectivity index (χ0n) is 15.6. The third-order valence-electron chi connectivity index (χ3n) is 4.33. The Labute approximate surface area is 171 Å². The van der Waals surface area contributed by atoms with Crippen molar-refractivity contribution in [3.8, 4) is 11.8 Å². The lowest BCUT2D eigenvalue weighted by Gasteiger charge is -2.25. The second kappa shape index (κ2) is 9.26. The molecule has 0 bridgehead atoms. The van der Waals surface area contributed by atoms with Crippen LogP contribution in [-0.4, -0.2) is 24.7 Å². The van der Waals surface area contributed by atoms with Crippen LogP contribution in [0.1, 0.15) is 17.9 Å². The molecule has 1 atom stereocenters. The number of nitrogens with zero attached hydrogens (tertiary/aromatic N) is 1. The topological polar surface area (TPSA) is 91.2 Å². The normalized spacial score (nSPS) is 16.0. The van der Waals surface area contributed by atoms with Gasteiger partial charge in [0.05, 0.1) is 29.5 Å². The highest BCUT2D eigenvalue weighted by Crippen LogP contribution is 2.36. The Morgan fingerprint density at radius 2 is 2.10 bits per heavy atom. The summed E-state index contributed by atoms with van der Waals surface area (Å²) in [6.07, 6.45) is 0.0919. The van der Waals surface area contributed by atoms with Crippen molar-refractivity contribution in [2.75, 3.05) is 18.2 Å². The molecule has 8 heteroatoms. The van der Waals surface area contributed by atoms with E-state index in [9.17, 15) is 19.2 Å². The summed E-state index contributed by atoms with van der Waals surface area (Å²) < 4.78 is 18.3. The van der Waals surface area contributed by atoms with Crippen molar-refractivity contribution in [2.24, 2.45) is 0 Å². The first-order chi connectivity index (χ1) is 14.0. The molecular weight excluding hydrogens is 393 g/mol. The van der Waals surface area contributed by atoms with Crippen LogP contribution in [0.25, 0.3) is 0 Å². The average Bonchev–Trinajstić information content (AvgIpc) is 2.72. The molecule has 0 aromatic heterocycles. The van der Waals surface area contributed by atoms with E-state index in [1.54, 1.807) is 36.4 Å². The summed E-state index contributed by atoms with van der Waals surface area (Å²) in [4.78, 5) is 24.4. The first-order valence-corrected chi connectivity index (χ1v) is 9.75. The van der Waals surface area contributed by atoms with E-state index >= 15 is 0 Å². The third kappa shape index (κ3) is 5.15. The summed E-state index contributed by atoms with van der Waals surface area (Å²) in [5.74, 6) is -0.779. The number of carbonyl (C=O) groups excluding carboxylic acids is 2. The minimum atomic E-state index is -0.474. The van der Waals surface area contributed by atoms with Crippen LogP contribution < -0.4 is 15.4 Å². The first-order valence-electron chi connectivity index (χ1n) is 8.76. The standard InChI is InChI=1S/C21H18FN3O3S/c1-28-16-4-2-3-15(9-16)24-20(27)12-29-21-18(11-23)17(10-19(26)25-21)13-5-7-14(22)8-6-13/h2-9,17H,10,12H2,1H3,(H,24,27)(H,25,26)/t17-/m1/s1. The highest BCUT2D eigenvalue weighted by molar-refractivity contribution is 8.03. The summed E-state index contributed by atoms with van der Waals surface area (Å²) in [5.41, 5.74) is 1.62. The minimum absolute atomic E-state index is 0.00808. The molecule has 29 heavy (non-hydrogen) atoms. The fourth-order valence-electron chi connectivity index (χ4n) is 2.95. The number of anilines is 1. The van der Waals surface area contributed by atoms with Crippen LogP contribution in [0.3, 0.4) is 0 Å². The lowest BCUT2D eigenvalue weighted by atomic mass is 9.87. The molecule has 1 heterocycles. The summed E-state index contributed by atoms with van der Waals surface area (Å²) in [5, 5.41) is 15.4. The van der Waals surface area contributed by atoms with E-state index in [1.165, 1.54) is 19.2 Å². The van der Waals surface area contributed by atoms with E-state index in [0.29, 0.717) is 27.6 Å². The Morgan fingerprint density at radius 3 is 2.79 bits per heavy atom. The third-order valence-corrected chi connectivity index (χ3v) is 5.35. The summed E-state index contributed by atoms with van der Waals surface area (Å²) in [6, 6.07) is 14.8. The number of hydrogen-bond acceptors (Lipinski definition) is 5. The van der Waals surface area contributed by atoms with Crippen molar-refractivity contribution < 1.29 is 18.7 Å². The number of amides is 2. The first kappa shape index (κ1) is 20.4. The molecule has 1 aliphatic heterocycles. The number of benzene rings is 2. The van der Waals surface area contributed by atoms with Crippen LogP contribution in [0.15, 0.2) is 59.1 Å². The van der Waals surface area contributed by atoms with Crippen LogP contribution in [0.2, 0.25) is 0 Å². The predicted molar refractivity (Wildman–Crippen MR) is 109 cm³/mol. The van der Waals surface area contributed by atoms with Crippen LogP contribution in [0, 0.1) is 17.1 Å². The van der Waals surface area contributed by atoms with Crippen LogP contribution >= 0.6 is 11.8 Å². The zero-order valence-corrected chi connectivity index (χ0v) is 16.4. The smallest absolute Gasteiger partial charge is 0.234 e. The van der Waals surface area contributed by atoms with Crippen molar-refractivity contribution >= 4 is 29.3 Å². The molecule has 2 aromatic rings. The second-order valence-electron chi connectivity index (χ2n) is 6.28. The number of nitriles is 1. The van der Waals surface area contributed by atoms with Crippen LogP contribution in [-0.2, 0) is 9.59 Å². The Bertz CT molecular complexity index is 999. The molecular formula is C21H18FN3O3S. The number of methoxy groups -OCH3 is 1. The SMILES string of the molecule is COc1cccc(NC(=O)CSC2=C(C#N)[C@@H](c3ccc(F)cc3)CC(=O)N2)c1. The fourth-order valence-corrected chi connectivity index (χ4v) is 3.83. The van der Waals surface area contributed by atoms with Gasteiger partial charge in [-0.15, -0.1) is 0 Å². The molecule has 0 spiro atoms. The van der Waals surface area contributed by atoms with Crippen LogP contribution in [0.4, 0.5) is 10.1 Å². The molecule has 148 valence electrons. The van der Waals surface area contributed by atoms with Gasteiger partial charge < -0.3 is 15.4 Å². The lowest BCUT2D eigenvalue weighted by molar-refractivity contribution is -0.121. The number of rotatable bonds is 6. The molecule has 0 saturated heterocycles. The van der Waals surface area contributed by atoms with E-state index in [4.69, 9.17) is 4.74 Å². The van der Waals surface area contributed by atoms with E-state index in [1.807, 2.05) is 0 Å². The molecule has 0 radical (unpaired) electrons. The van der Waals surface area contributed by atoms with Gasteiger partial charge in [-0.1, -0.05) is 30.0 Å². The molecule has 0 saturated carbocycles. The van der Waals surface area contributed by atoms with Gasteiger partial charge in [0.1, 0.15) is 11.6 Å². The Balaban J connectivity index is 1.73. The molecule has 1 aliphatic rings. The van der Waals surface area contributed by atoms with Gasteiger partial charge in [0, 0.05) is 24.1 Å². The quantitative estimate of drug-likeness (QED) is 0.759. The molecule has 0 aliphatic carbocycles. The monoisotopic (exact) mass is 411 g/mol. The van der Waals surface area contributed by atoms with Crippen LogP contribution in [0.5, 0.6) is 5.75 Å². The molecule has 2 N–H and O–H groups in total. The van der Waals surface area contributed by atoms with Gasteiger partial charge in [-0.05, 0) is 29.8 Å². The van der Waals surface area contributed by atoms with Gasteiger partial charge >= 0.3 is 0 Å². The number of nitrogens with one attached hydrogen (secondary N) is 2. The van der Waals surface area contributed by atoms with Gasteiger partial charge in [-0.2, -0.15) is 5.26 Å². The Kier molecular flexibility index (Phi) is 6.52. The van der Waals surface area contributed by atoms with Crippen molar-refractivity contribution in [3.63, 3.8) is 0 Å². The molecule has 2 amide bonds. The molecule has 0 fully saturated rings. The number of thioether (sulfide) groups is 1. The predicted octanol–water partition coefficient (Wildman–Crippen LogP) is 3.54. The maximum atomic E-state index is 13.2. The molecule has 2 aromatic carbocycles. The molecule has 0 unspecified atom stereocenters. The largest absolute Gasteiger partial charge is 0.497 e.